The first-order valence-corrected chi connectivity index (χ1v) is 30.7. The average Bonchev–Trinajstić information content (AvgIpc) is 3.81. The van der Waals surface area contributed by atoms with E-state index in [0.29, 0.717) is 12.8 Å². The van der Waals surface area contributed by atoms with Crippen molar-refractivity contribution in [1.29, 1.82) is 0 Å². The molecule has 2 saturated heterocycles. The fourth-order valence-electron chi connectivity index (χ4n) is 11.4. The molecule has 2 aliphatic rings. The lowest BCUT2D eigenvalue weighted by Gasteiger charge is -2.41. The molecule has 4 N–H and O–H groups in total. The van der Waals surface area contributed by atoms with Crippen LogP contribution in [0.2, 0.25) is 0 Å². The third-order valence-corrected chi connectivity index (χ3v) is 16.6. The number of carbonyl (C=O) groups excluding carboxylic acids is 11. The van der Waals surface area contributed by atoms with Gasteiger partial charge in [0, 0.05) is 55.9 Å². The van der Waals surface area contributed by atoms with Gasteiger partial charge in [-0.2, -0.15) is 0 Å². The number of rotatable bonds is 14. The Morgan fingerprint density at radius 3 is 1.44 bits per heavy atom. The number of hydrogen-bond acceptors (Lipinski definition) is 12. The standard InChI is InChI=1S/C62H109N11O12/c1-23-25-27-40(13)52(75)51-55(78)65-43(24-2)57(80)66(16)34-49(74)67(17)48(33-38(9)10)61(84)73-29-26-28-44(73)58(81)68(18)45(30-35(3)4)54(77)63-41(14)53(76)64-42(15)56(79)69(19)46(31-36(5)6)59(82)70(20)47(32-37(7)8)60(83)71(21)50(39(11)12)62(85)72(51)22/h23,25,35-48,50-52,75H,24,26-34H2,1-22H3,(H,63,77)(H,64,76)(H,65,78)/b25-23+/t40-,41+,42-,43+,44+,45+,46+,47+,48+,50+,51+,52-/m1/s1. The van der Waals surface area contributed by atoms with Gasteiger partial charge in [0.05, 0.1) is 12.6 Å². The Bertz CT molecular complexity index is 2360. The van der Waals surface area contributed by atoms with Crippen molar-refractivity contribution in [3.63, 3.8) is 0 Å². The van der Waals surface area contributed by atoms with Gasteiger partial charge in [0.15, 0.2) is 0 Å². The molecule has 2 heterocycles. The van der Waals surface area contributed by atoms with Crippen molar-refractivity contribution >= 4 is 65.0 Å². The molecule has 0 aromatic heterocycles. The molecule has 0 aromatic carbocycles. The van der Waals surface area contributed by atoms with E-state index in [2.05, 4.69) is 16.0 Å². The first-order valence-electron chi connectivity index (χ1n) is 30.7. The number of nitrogens with one attached hydrogen (secondary N) is 3. The Morgan fingerprint density at radius 1 is 0.506 bits per heavy atom. The van der Waals surface area contributed by atoms with Crippen molar-refractivity contribution in [3.8, 4) is 0 Å². The van der Waals surface area contributed by atoms with Crippen LogP contribution in [0.25, 0.3) is 0 Å². The number of amides is 11. The molecule has 0 bridgehead atoms. The quantitative estimate of drug-likeness (QED) is 0.183. The van der Waals surface area contributed by atoms with E-state index < -0.39 is 150 Å². The van der Waals surface area contributed by atoms with Crippen LogP contribution in [0.4, 0.5) is 0 Å². The van der Waals surface area contributed by atoms with Gasteiger partial charge in [-0.25, -0.2) is 0 Å². The fourth-order valence-corrected chi connectivity index (χ4v) is 11.4. The maximum absolute atomic E-state index is 15.1. The van der Waals surface area contributed by atoms with E-state index in [-0.39, 0.29) is 68.7 Å². The SMILES string of the molecule is C/C=C/C[C@@H](C)[C@@H](O)[C@H]1C(=O)N[C@@H](CC)C(=O)N(C)CC(=O)N(C)[C@@H](CC(C)C)C(=O)N2CCC[C@H]2C(=O)N(C)[C@@H](CC(C)C)C(=O)N[C@@H](C)C(=O)N[C@H](C)C(=O)N(C)[C@@H](CC(C)C)C(=O)N(C)[C@@H](CC(C)C)C(=O)N(C)[C@@H](C(C)C)C(=O)N1C. The lowest BCUT2D eigenvalue weighted by atomic mass is 9.91. The highest BCUT2D eigenvalue weighted by atomic mass is 16.3. The summed E-state index contributed by atoms with van der Waals surface area (Å²) in [6.45, 7) is 26.3. The Kier molecular flexibility index (Phi) is 29.7. The average molecular weight is 1200 g/mol. The molecular formula is C62H109N11O12. The zero-order valence-corrected chi connectivity index (χ0v) is 55.6. The van der Waals surface area contributed by atoms with Crippen molar-refractivity contribution in [2.45, 2.75) is 222 Å². The summed E-state index contributed by atoms with van der Waals surface area (Å²) in [5, 5.41) is 20.3. The molecule has 484 valence electrons. The molecule has 85 heavy (non-hydrogen) atoms. The summed E-state index contributed by atoms with van der Waals surface area (Å²) in [5.41, 5.74) is 0. The molecule has 11 amide bonds. The van der Waals surface area contributed by atoms with E-state index in [4.69, 9.17) is 0 Å². The van der Waals surface area contributed by atoms with Crippen LogP contribution in [-0.2, 0) is 52.7 Å². The topological polar surface area (TPSA) is 270 Å². The van der Waals surface area contributed by atoms with Gasteiger partial charge in [0.25, 0.3) is 0 Å². The van der Waals surface area contributed by atoms with Crippen LogP contribution in [0.5, 0.6) is 0 Å². The zero-order chi connectivity index (χ0) is 65.4. The highest BCUT2D eigenvalue weighted by Crippen LogP contribution is 2.28. The number of aliphatic hydroxyl groups is 1. The number of allylic oxidation sites excluding steroid dienone is 2. The van der Waals surface area contributed by atoms with Crippen LogP contribution in [-0.4, -0.2) is 238 Å². The summed E-state index contributed by atoms with van der Waals surface area (Å²) < 4.78 is 0. The van der Waals surface area contributed by atoms with E-state index in [1.165, 1.54) is 92.6 Å². The van der Waals surface area contributed by atoms with Crippen molar-refractivity contribution in [2.24, 2.45) is 35.5 Å². The summed E-state index contributed by atoms with van der Waals surface area (Å²) in [6, 6.07) is -12.0. The van der Waals surface area contributed by atoms with Gasteiger partial charge >= 0.3 is 0 Å². The molecule has 2 rings (SSSR count). The van der Waals surface area contributed by atoms with Gasteiger partial charge in [-0.1, -0.05) is 95.2 Å². The molecule has 2 aliphatic heterocycles. The number of nitrogens with zero attached hydrogens (tertiary/aromatic N) is 8. The molecular weight excluding hydrogens is 1090 g/mol. The Labute approximate surface area is 508 Å². The summed E-state index contributed by atoms with van der Waals surface area (Å²) in [6.07, 6.45) is 3.90. The third-order valence-electron chi connectivity index (χ3n) is 16.6. The monoisotopic (exact) mass is 1200 g/mol. The maximum Gasteiger partial charge on any atom is 0.246 e. The summed E-state index contributed by atoms with van der Waals surface area (Å²) in [7, 11) is 10.0. The number of aliphatic hydroxyl groups excluding tert-OH is 1. The third kappa shape index (κ3) is 20.0. The molecule has 12 atom stereocenters. The van der Waals surface area contributed by atoms with Crippen LogP contribution in [0.15, 0.2) is 12.2 Å². The summed E-state index contributed by atoms with van der Waals surface area (Å²) in [4.78, 5) is 171. The van der Waals surface area contributed by atoms with Crippen LogP contribution in [0, 0.1) is 35.5 Å². The maximum atomic E-state index is 15.1. The molecule has 0 unspecified atom stereocenters. The van der Waals surface area contributed by atoms with E-state index >= 15 is 9.59 Å². The first-order chi connectivity index (χ1) is 39.4. The molecule has 2 fully saturated rings. The van der Waals surface area contributed by atoms with Crippen molar-refractivity contribution in [1.82, 2.24) is 55.1 Å². The molecule has 0 spiro atoms. The van der Waals surface area contributed by atoms with Gasteiger partial charge in [-0.05, 0) is 108 Å². The van der Waals surface area contributed by atoms with Gasteiger partial charge in [0.1, 0.15) is 60.4 Å². The van der Waals surface area contributed by atoms with E-state index in [9.17, 15) is 48.3 Å². The lowest BCUT2D eigenvalue weighted by Crippen LogP contribution is -2.63. The predicted octanol–water partition coefficient (Wildman–Crippen LogP) is 3.12. The minimum atomic E-state index is -1.60. The first kappa shape index (κ1) is 75.0. The molecule has 0 aliphatic carbocycles. The number of hydrogen-bond donors (Lipinski definition) is 4. The molecule has 0 radical (unpaired) electrons. The second kappa shape index (κ2) is 33.7. The van der Waals surface area contributed by atoms with Crippen LogP contribution in [0.3, 0.4) is 0 Å². The van der Waals surface area contributed by atoms with Crippen LogP contribution in [0.1, 0.15) is 155 Å². The number of fused-ring (bicyclic) bond motifs is 1. The van der Waals surface area contributed by atoms with Crippen LogP contribution < -0.4 is 16.0 Å². The lowest BCUT2D eigenvalue weighted by molar-refractivity contribution is -0.157. The predicted molar refractivity (Wildman–Crippen MR) is 326 cm³/mol. The normalized spacial score (nSPS) is 27.6. The Hall–Kier alpha value is -6.13. The smallest absolute Gasteiger partial charge is 0.246 e. The second-order valence-electron chi connectivity index (χ2n) is 26.1. The highest BCUT2D eigenvalue weighted by Gasteiger charge is 2.47. The van der Waals surface area contributed by atoms with Gasteiger partial charge < -0.3 is 60.3 Å². The highest BCUT2D eigenvalue weighted by molar-refractivity contribution is 5.99. The minimum absolute atomic E-state index is 0.0326. The van der Waals surface area contributed by atoms with E-state index in [1.54, 1.807) is 40.7 Å². The van der Waals surface area contributed by atoms with Crippen molar-refractivity contribution in [2.75, 3.05) is 62.4 Å². The summed E-state index contributed by atoms with van der Waals surface area (Å²) in [5.74, 6) is -8.72. The van der Waals surface area contributed by atoms with E-state index in [1.807, 2.05) is 61.5 Å². The Morgan fingerprint density at radius 2 is 0.953 bits per heavy atom. The van der Waals surface area contributed by atoms with Crippen molar-refractivity contribution < 1.29 is 57.8 Å². The largest absolute Gasteiger partial charge is 0.390 e. The zero-order valence-electron chi connectivity index (χ0n) is 55.6. The minimum Gasteiger partial charge on any atom is -0.390 e. The van der Waals surface area contributed by atoms with Crippen LogP contribution >= 0.6 is 0 Å². The number of likely N-dealkylation sites (N-methyl/N-ethyl adjacent to an activating group) is 7. The molecule has 0 aromatic rings. The second-order valence-corrected chi connectivity index (χ2v) is 26.1. The van der Waals surface area contributed by atoms with E-state index in [0.717, 1.165) is 9.80 Å². The number of carbonyl (C=O) groups is 11. The van der Waals surface area contributed by atoms with Gasteiger partial charge in [-0.15, -0.1) is 0 Å². The fraction of sp³-hybridized carbons (Fsp3) is 0.790. The molecule has 23 nitrogen and oxygen atoms in total. The Balaban J connectivity index is 2.95. The molecule has 0 saturated carbocycles. The van der Waals surface area contributed by atoms with Gasteiger partial charge in [-0.3, -0.25) is 52.7 Å². The van der Waals surface area contributed by atoms with Gasteiger partial charge in [0.2, 0.25) is 65.0 Å². The molecule has 23 heteroatoms. The summed E-state index contributed by atoms with van der Waals surface area (Å²) >= 11 is 0. The van der Waals surface area contributed by atoms with Crippen molar-refractivity contribution in [3.05, 3.63) is 12.2 Å².